The van der Waals surface area contributed by atoms with E-state index in [4.69, 9.17) is 27.2 Å². The van der Waals surface area contributed by atoms with Crippen LogP contribution in [0.4, 0.5) is 5.95 Å². The Morgan fingerprint density at radius 2 is 2.14 bits per heavy atom. The highest BCUT2D eigenvalue weighted by Gasteiger charge is 2.43. The summed E-state index contributed by atoms with van der Waals surface area (Å²) >= 11 is 6.57. The number of sulfonamides is 1. The first-order valence-electron chi connectivity index (χ1n) is 12.6. The van der Waals surface area contributed by atoms with Gasteiger partial charge in [0.15, 0.2) is 0 Å². The van der Waals surface area contributed by atoms with Gasteiger partial charge >= 0.3 is 5.97 Å². The number of rotatable bonds is 8. The largest absolute Gasteiger partial charge is 0.458 e. The minimum Gasteiger partial charge on any atom is -0.458 e. The average Bonchev–Trinajstić information content (AvgIpc) is 3.09. The predicted octanol–water partition coefficient (Wildman–Crippen LogP) is 2.43. The number of carbonyl (C=O) groups is 1. The second-order valence-corrected chi connectivity index (χ2v) is 12.8. The lowest BCUT2D eigenvalue weighted by Crippen LogP contribution is -2.54. The molecule has 3 atom stereocenters. The first-order chi connectivity index (χ1) is 17.4. The molecule has 3 heterocycles. The summed E-state index contributed by atoms with van der Waals surface area (Å²) < 4.78 is 33.1. The van der Waals surface area contributed by atoms with Crippen LogP contribution in [-0.4, -0.2) is 70.8 Å². The molecule has 0 amide bonds. The predicted molar refractivity (Wildman–Crippen MR) is 140 cm³/mol. The molecular formula is C24H34ClN7O4S. The molecule has 0 radical (unpaired) electrons. The van der Waals surface area contributed by atoms with Crippen molar-refractivity contribution in [1.29, 1.82) is 5.26 Å². The zero-order chi connectivity index (χ0) is 27.1. The number of hydrogen-bond donors (Lipinski definition) is 2. The van der Waals surface area contributed by atoms with E-state index in [0.717, 1.165) is 37.6 Å². The van der Waals surface area contributed by atoms with Gasteiger partial charge in [0.05, 0.1) is 41.3 Å². The van der Waals surface area contributed by atoms with Gasteiger partial charge in [0.2, 0.25) is 16.0 Å². The molecule has 11 nitrogen and oxygen atoms in total. The van der Waals surface area contributed by atoms with Crippen LogP contribution >= 0.6 is 11.6 Å². The van der Waals surface area contributed by atoms with Crippen molar-refractivity contribution in [3.63, 3.8) is 0 Å². The van der Waals surface area contributed by atoms with Crippen molar-refractivity contribution in [2.24, 2.45) is 11.7 Å². The molecule has 2 aliphatic rings. The summed E-state index contributed by atoms with van der Waals surface area (Å²) in [5, 5.41) is 18.2. The molecule has 0 unspecified atom stereocenters. The van der Waals surface area contributed by atoms with Gasteiger partial charge in [-0.1, -0.05) is 38.8 Å². The zero-order valence-electron chi connectivity index (χ0n) is 21.6. The first kappa shape index (κ1) is 27.6. The summed E-state index contributed by atoms with van der Waals surface area (Å²) in [6.07, 6.45) is 6.10. The third kappa shape index (κ3) is 5.14. The molecule has 2 aromatic rings. The number of nitrogens with one attached hydrogen (secondary N) is 1. The third-order valence-electron chi connectivity index (χ3n) is 7.79. The number of ether oxygens (including phenoxy) is 1. The van der Waals surface area contributed by atoms with Crippen molar-refractivity contribution < 1.29 is 17.9 Å². The number of piperidine rings is 1. The van der Waals surface area contributed by atoms with Gasteiger partial charge in [-0.25, -0.2) is 17.9 Å². The van der Waals surface area contributed by atoms with Gasteiger partial charge in [0, 0.05) is 12.0 Å². The first-order valence-corrected chi connectivity index (χ1v) is 14.8. The number of nitrogens with two attached hydrogens (primary N) is 1. The van der Waals surface area contributed by atoms with E-state index < -0.39 is 34.2 Å². The van der Waals surface area contributed by atoms with Crippen molar-refractivity contribution in [2.45, 2.75) is 76.5 Å². The fourth-order valence-electron chi connectivity index (χ4n) is 5.17. The van der Waals surface area contributed by atoms with Gasteiger partial charge in [-0.3, -0.25) is 4.79 Å². The van der Waals surface area contributed by atoms with E-state index in [9.17, 15) is 18.5 Å². The minimum atomic E-state index is -3.48. The maximum Gasteiger partial charge on any atom is 0.323 e. The molecule has 0 bridgehead atoms. The third-order valence-corrected chi connectivity index (χ3v) is 9.44. The molecule has 0 spiro atoms. The number of aromatic nitrogens is 3. The van der Waals surface area contributed by atoms with Crippen LogP contribution in [0.1, 0.15) is 64.1 Å². The van der Waals surface area contributed by atoms with Gasteiger partial charge in [-0.05, 0) is 31.6 Å². The van der Waals surface area contributed by atoms with E-state index in [1.807, 2.05) is 13.8 Å². The Labute approximate surface area is 222 Å². The van der Waals surface area contributed by atoms with Crippen LogP contribution in [0.25, 0.3) is 5.52 Å². The highest BCUT2D eigenvalue weighted by molar-refractivity contribution is 7.88. The smallest absolute Gasteiger partial charge is 0.323 e. The Kier molecular flexibility index (Phi) is 7.72. The maximum atomic E-state index is 12.7. The number of carbonyl (C=O) groups excluding carboxylic acids is 1. The molecule has 37 heavy (non-hydrogen) atoms. The van der Waals surface area contributed by atoms with Gasteiger partial charge in [0.25, 0.3) is 0 Å². The zero-order valence-corrected chi connectivity index (χ0v) is 23.1. The standard InChI is InChI=1S/C24H34ClN7O4S/c1-5-24(8-6-9-24)21-15(11-26)19(25)17-12-28-23(30-32(17)21)29-16-7-10-31(37(4,34)35)13-18(16)36-22(33)20(27)14(2)3/h12,14,16,18,20H,5-10,13,27H2,1-4H3,(H,29,30)/t16-,18+,20+/m1/s1. The number of nitriles is 1. The second kappa shape index (κ2) is 10.4. The number of fused-ring (bicyclic) bond motifs is 1. The summed E-state index contributed by atoms with van der Waals surface area (Å²) in [6, 6.07) is 0.975. The second-order valence-electron chi connectivity index (χ2n) is 10.4. The SMILES string of the molecule is CCC1(c2c(C#N)c(Cl)c3cnc(N[C@@H]4CCN(S(C)(=O)=O)C[C@@H]4OC(=O)[C@@H](N)C(C)C)nn23)CCC1. The molecular weight excluding hydrogens is 518 g/mol. The van der Waals surface area contributed by atoms with Gasteiger partial charge < -0.3 is 15.8 Å². The summed E-state index contributed by atoms with van der Waals surface area (Å²) in [7, 11) is -3.48. The monoisotopic (exact) mass is 551 g/mol. The lowest BCUT2D eigenvalue weighted by molar-refractivity contribution is -0.154. The molecule has 1 saturated carbocycles. The van der Waals surface area contributed by atoms with Crippen LogP contribution < -0.4 is 11.1 Å². The highest BCUT2D eigenvalue weighted by atomic mass is 35.5. The molecule has 1 saturated heterocycles. The molecule has 1 aliphatic carbocycles. The van der Waals surface area contributed by atoms with Gasteiger partial charge in [-0.2, -0.15) is 9.57 Å². The number of hydrogen-bond acceptors (Lipinski definition) is 9. The number of anilines is 1. The Bertz CT molecular complexity index is 1330. The van der Waals surface area contributed by atoms with Crippen LogP contribution in [0.5, 0.6) is 0 Å². The summed E-state index contributed by atoms with van der Waals surface area (Å²) in [4.78, 5) is 17.1. The van der Waals surface area contributed by atoms with Crippen LogP contribution in [0, 0.1) is 17.2 Å². The fraction of sp³-hybridized carbons (Fsp3) is 0.667. The molecule has 2 aromatic heterocycles. The fourth-order valence-corrected chi connectivity index (χ4v) is 6.28. The topological polar surface area (TPSA) is 156 Å². The molecule has 202 valence electrons. The lowest BCUT2D eigenvalue weighted by atomic mass is 9.64. The molecule has 0 aromatic carbocycles. The van der Waals surface area contributed by atoms with E-state index in [1.165, 1.54) is 4.31 Å². The maximum absolute atomic E-state index is 12.7. The van der Waals surface area contributed by atoms with E-state index in [2.05, 4.69) is 23.3 Å². The van der Waals surface area contributed by atoms with Gasteiger partial charge in [-0.15, -0.1) is 5.10 Å². The number of esters is 1. The van der Waals surface area contributed by atoms with Crippen LogP contribution in [0.3, 0.4) is 0 Å². The van der Waals surface area contributed by atoms with E-state index in [0.29, 0.717) is 22.5 Å². The Morgan fingerprint density at radius 1 is 1.43 bits per heavy atom. The van der Waals surface area contributed by atoms with Gasteiger partial charge in [0.1, 0.15) is 23.7 Å². The van der Waals surface area contributed by atoms with Crippen molar-refractivity contribution >= 4 is 39.1 Å². The van der Waals surface area contributed by atoms with E-state index in [1.54, 1.807) is 10.7 Å². The van der Waals surface area contributed by atoms with Crippen LogP contribution in [0.15, 0.2) is 6.20 Å². The Morgan fingerprint density at radius 3 is 2.68 bits per heavy atom. The molecule has 3 N–H and O–H groups in total. The Hall–Kier alpha value is -2.46. The van der Waals surface area contributed by atoms with Crippen molar-refractivity contribution in [1.82, 2.24) is 18.9 Å². The molecule has 4 rings (SSSR count). The minimum absolute atomic E-state index is 0.00652. The molecule has 1 aliphatic heterocycles. The van der Waals surface area contributed by atoms with E-state index in [-0.39, 0.29) is 30.4 Å². The quantitative estimate of drug-likeness (QED) is 0.470. The van der Waals surface area contributed by atoms with Crippen molar-refractivity contribution in [2.75, 3.05) is 24.7 Å². The van der Waals surface area contributed by atoms with Crippen molar-refractivity contribution in [3.05, 3.63) is 22.5 Å². The van der Waals surface area contributed by atoms with Crippen molar-refractivity contribution in [3.8, 4) is 6.07 Å². The average molecular weight is 552 g/mol. The number of halogens is 1. The summed E-state index contributed by atoms with van der Waals surface area (Å²) in [5.74, 6) is -0.461. The van der Waals surface area contributed by atoms with Crippen LogP contribution in [-0.2, 0) is 25.0 Å². The highest BCUT2D eigenvalue weighted by Crippen LogP contribution is 2.49. The van der Waals surface area contributed by atoms with E-state index >= 15 is 0 Å². The lowest BCUT2D eigenvalue weighted by Gasteiger charge is -2.41. The normalized spacial score (nSPS) is 22.9. The summed E-state index contributed by atoms with van der Waals surface area (Å²) in [5.41, 5.74) is 7.59. The number of nitrogens with zero attached hydrogens (tertiary/aromatic N) is 5. The Balaban J connectivity index is 1.67. The van der Waals surface area contributed by atoms with Crippen LogP contribution in [0.2, 0.25) is 5.02 Å². The molecule has 2 fully saturated rings. The molecule has 13 heteroatoms. The summed E-state index contributed by atoms with van der Waals surface area (Å²) in [6.45, 7) is 5.97.